The minimum atomic E-state index is -0.601. The number of phenols is 1. The van der Waals surface area contributed by atoms with Crippen LogP contribution in [0.3, 0.4) is 0 Å². The van der Waals surface area contributed by atoms with Gasteiger partial charge in [-0.15, -0.1) is 0 Å². The summed E-state index contributed by atoms with van der Waals surface area (Å²) in [4.78, 5) is 22.8. The summed E-state index contributed by atoms with van der Waals surface area (Å²) in [5.74, 6) is 2.04. The van der Waals surface area contributed by atoms with Crippen LogP contribution in [0.25, 0.3) is 10.9 Å². The summed E-state index contributed by atoms with van der Waals surface area (Å²) in [5.41, 5.74) is 0.785. The fourth-order valence-electron chi connectivity index (χ4n) is 5.29. The van der Waals surface area contributed by atoms with Gasteiger partial charge >= 0.3 is 112 Å². The van der Waals surface area contributed by atoms with Crippen molar-refractivity contribution in [3.8, 4) is 28.7 Å². The molecule has 18 heteroatoms. The Bertz CT molecular complexity index is 2630. The molecule has 7 aromatic carbocycles. The van der Waals surface area contributed by atoms with Gasteiger partial charge in [0.2, 0.25) is 0 Å². The van der Waals surface area contributed by atoms with Crippen LogP contribution in [0.5, 0.6) is 28.7 Å². The molecule has 0 unspecified atom stereocenters. The molecule has 2 N–H and O–H groups in total. The van der Waals surface area contributed by atoms with Crippen LogP contribution in [-0.2, 0) is 4.74 Å². The summed E-state index contributed by atoms with van der Waals surface area (Å²) in [6.45, 7) is 9.00. The molecule has 360 valence electrons. The summed E-state index contributed by atoms with van der Waals surface area (Å²) < 4.78 is 19.2. The number of aromatic hydroxyl groups is 1. The van der Waals surface area contributed by atoms with Crippen molar-refractivity contribution < 1.29 is 79.8 Å². The molecular weight excluding hydrogens is 1160 g/mol. The Hall–Kier alpha value is -4.88. The zero-order chi connectivity index (χ0) is 46.8. The number of nitro benzene ring substituents is 2. The van der Waals surface area contributed by atoms with Crippen LogP contribution in [0.15, 0.2) is 189 Å². The van der Waals surface area contributed by atoms with E-state index in [1.807, 2.05) is 60.8 Å². The summed E-state index contributed by atoms with van der Waals surface area (Å²) in [5, 5.41) is 31.7. The van der Waals surface area contributed by atoms with E-state index in [4.69, 9.17) is 54.1 Å². The standard InChI is InChI=1S/C14H10ClNO.C12H8ClNO3.C12H10I.C6H4ClNO3.C4H8O.C2H3.CH4.BrH.ClH.Mg/c15-12-6-7-13-11(8-9-16-13)14(12)17-10-4-2-1-3-5-10;13-11-7-6-9(14(15)16)8-12(11)17-10-4-2-1-3-5-10;1-3-7-11(8-4-1)13-12-9-5-2-6-10-12;7-5-2-1-4(8(10)11)3-6(5)9;1-2-4-5-3-1;1-2;;;;/h1-9,16H;1-8H;1-10H;1-3,9H;1-4H2;1H,2H2;1H4;2*1H;/q;;-1;;;-1;;;;+2/p-2. The van der Waals surface area contributed by atoms with Gasteiger partial charge in [-0.2, -0.15) is 0 Å². The minimum absolute atomic E-state index is 0. The zero-order valence-corrected chi connectivity index (χ0v) is 44.3. The Balaban J connectivity index is 0.000000846. The number of nitro groups is 2. The molecule has 8 aromatic rings. The predicted octanol–water partition coefficient (Wildman–Crippen LogP) is 6.09. The van der Waals surface area contributed by atoms with Crippen LogP contribution in [0.1, 0.15) is 20.3 Å². The van der Waals surface area contributed by atoms with E-state index >= 15 is 0 Å². The third-order valence-corrected chi connectivity index (χ3v) is 12.0. The molecule has 1 aliphatic heterocycles. The molecule has 11 nitrogen and oxygen atoms in total. The quantitative estimate of drug-likeness (QED) is 0.0611. The molecule has 0 bridgehead atoms. The van der Waals surface area contributed by atoms with Crippen LogP contribution in [0.4, 0.5) is 11.4 Å². The molecule has 0 radical (unpaired) electrons. The van der Waals surface area contributed by atoms with Crippen molar-refractivity contribution in [1.29, 1.82) is 0 Å². The van der Waals surface area contributed by atoms with Gasteiger partial charge in [0.1, 0.15) is 17.2 Å². The summed E-state index contributed by atoms with van der Waals surface area (Å²) in [7, 11) is 0. The number of phenolic OH excluding ortho intramolecular Hbond substituents is 1. The first kappa shape index (κ1) is 64.1. The molecule has 0 atom stereocenters. The Kier molecular flexibility index (Phi) is 33.6. The van der Waals surface area contributed by atoms with Gasteiger partial charge in [-0.25, -0.2) is 0 Å². The van der Waals surface area contributed by atoms with Gasteiger partial charge in [0.05, 0.1) is 37.0 Å². The number of aromatic amines is 1. The summed E-state index contributed by atoms with van der Waals surface area (Å²) in [6, 6.07) is 53.3. The van der Waals surface area contributed by atoms with Crippen molar-refractivity contribution in [1.82, 2.24) is 4.98 Å². The van der Waals surface area contributed by atoms with Gasteiger partial charge < -0.3 is 60.3 Å². The number of nitrogens with zero attached hydrogens (tertiary/aromatic N) is 2. The molecule has 9 rings (SSSR count). The van der Waals surface area contributed by atoms with Crippen molar-refractivity contribution in [3.05, 3.63) is 238 Å². The van der Waals surface area contributed by atoms with E-state index in [1.54, 1.807) is 24.3 Å². The Morgan fingerprint density at radius 3 is 1.51 bits per heavy atom. The van der Waals surface area contributed by atoms with E-state index < -0.39 is 9.85 Å². The molecule has 0 amide bonds. The van der Waals surface area contributed by atoms with E-state index in [-0.39, 0.29) is 109 Å². The molecule has 1 aliphatic rings. The first-order valence-corrected chi connectivity index (χ1v) is 22.9. The molecule has 0 aliphatic carbocycles. The van der Waals surface area contributed by atoms with Gasteiger partial charge in [-0.05, 0) is 67.4 Å². The summed E-state index contributed by atoms with van der Waals surface area (Å²) >= 11 is 17.5. The number of hydrogen-bond donors (Lipinski definition) is 2. The predicted molar refractivity (Wildman–Crippen MR) is 267 cm³/mol. The molecule has 69 heavy (non-hydrogen) atoms. The average Bonchev–Trinajstić information content (AvgIpc) is 4.09. The van der Waals surface area contributed by atoms with Gasteiger partial charge in [0, 0.05) is 42.4 Å². The molecule has 1 fully saturated rings. The van der Waals surface area contributed by atoms with E-state index in [0.29, 0.717) is 21.5 Å². The fourth-order valence-corrected chi connectivity index (χ4v) is 8.04. The number of hydrogen-bond acceptors (Lipinski definition) is 8. The number of aromatic nitrogens is 1. The van der Waals surface area contributed by atoms with Crippen LogP contribution >= 0.6 is 34.8 Å². The monoisotopic (exact) mass is 1200 g/mol. The Labute approximate surface area is 460 Å². The number of fused-ring (bicyclic) bond motifs is 1. The van der Waals surface area contributed by atoms with E-state index in [2.05, 4.69) is 78.8 Å². The van der Waals surface area contributed by atoms with Gasteiger partial charge in [0.25, 0.3) is 11.4 Å². The molecule has 0 spiro atoms. The Morgan fingerprint density at radius 2 is 1.06 bits per heavy atom. The van der Waals surface area contributed by atoms with Crippen molar-refractivity contribution in [2.75, 3.05) is 13.2 Å². The topological polar surface area (TPSA) is 150 Å². The van der Waals surface area contributed by atoms with Gasteiger partial charge in [0.15, 0.2) is 11.5 Å². The third kappa shape index (κ3) is 23.1. The van der Waals surface area contributed by atoms with E-state index in [1.165, 1.54) is 50.3 Å². The SMILES string of the molecule is C.C1CCOC1.Clc1ccc2[nH]ccc2c1Oc1ccccc1.O=[N+]([O-])c1ccc(Cl)c(O)c1.O=[N+]([O-])c1ccc(Cl)c(Oc2ccccc2)c1.[Br-].[CH-]=C.[Cl-].[Mg+2].c1ccc([I-]c2ccccc2)cc1. The number of benzene rings is 7. The number of rotatable bonds is 8. The van der Waals surface area contributed by atoms with Crippen molar-refractivity contribution in [2.24, 2.45) is 0 Å². The number of para-hydroxylation sites is 2. The second kappa shape index (κ2) is 36.1. The van der Waals surface area contributed by atoms with Crippen LogP contribution in [-0.4, -0.2) is 56.2 Å². The number of halogens is 6. The van der Waals surface area contributed by atoms with Crippen molar-refractivity contribution in [3.63, 3.8) is 0 Å². The molecular formula is C51H47BrCl4IMgN3O8-2. The maximum atomic E-state index is 10.6. The molecule has 2 heterocycles. The molecule has 1 saturated heterocycles. The zero-order valence-electron chi connectivity index (χ0n) is 36.1. The van der Waals surface area contributed by atoms with Crippen LogP contribution in [0, 0.1) is 33.9 Å². The normalized spacial score (nSPS) is 10.3. The average molecular weight is 1200 g/mol. The van der Waals surface area contributed by atoms with Crippen LogP contribution < -0.4 is 60.1 Å². The molecule has 0 saturated carbocycles. The third-order valence-electron chi connectivity index (χ3n) is 8.35. The van der Waals surface area contributed by atoms with E-state index in [0.717, 1.165) is 35.9 Å². The summed E-state index contributed by atoms with van der Waals surface area (Å²) in [6.07, 6.45) is 4.43. The Morgan fingerprint density at radius 1 is 0.623 bits per heavy atom. The number of H-pyrrole nitrogens is 1. The van der Waals surface area contributed by atoms with E-state index in [9.17, 15) is 20.2 Å². The molecule has 1 aromatic heterocycles. The number of nitrogens with one attached hydrogen (secondary N) is 1. The fraction of sp³-hybridized carbons (Fsp3) is 0.0980. The first-order chi connectivity index (χ1) is 31.6. The maximum absolute atomic E-state index is 10.6. The number of non-ortho nitro benzene ring substituents is 2. The first-order valence-electron chi connectivity index (χ1n) is 19.6. The van der Waals surface area contributed by atoms with Crippen molar-refractivity contribution >= 4 is 80.1 Å². The van der Waals surface area contributed by atoms with Crippen LogP contribution in [0.2, 0.25) is 15.1 Å². The van der Waals surface area contributed by atoms with Gasteiger partial charge in [-0.3, -0.25) is 26.8 Å². The van der Waals surface area contributed by atoms with Gasteiger partial charge in [-0.1, -0.05) is 78.6 Å². The second-order valence-electron chi connectivity index (χ2n) is 12.9. The number of ether oxygens (including phenoxy) is 3. The second-order valence-corrected chi connectivity index (χ2v) is 17.2. The van der Waals surface area contributed by atoms with Crippen molar-refractivity contribution in [2.45, 2.75) is 20.3 Å².